The van der Waals surface area contributed by atoms with Crippen molar-refractivity contribution in [2.24, 2.45) is 5.92 Å². The van der Waals surface area contributed by atoms with Gasteiger partial charge in [0.05, 0.1) is 11.7 Å². The number of carbonyl (C=O) groups is 1. The molecule has 4 rings (SSSR count). The molecule has 21 heavy (non-hydrogen) atoms. The normalized spacial score (nSPS) is 27.8. The van der Waals surface area contributed by atoms with Crippen LogP contribution in [0.1, 0.15) is 42.6 Å². The van der Waals surface area contributed by atoms with Crippen LogP contribution in [0.4, 0.5) is 0 Å². The van der Waals surface area contributed by atoms with Crippen molar-refractivity contribution < 1.29 is 4.79 Å². The van der Waals surface area contributed by atoms with Crippen LogP contribution in [-0.2, 0) is 11.2 Å². The highest BCUT2D eigenvalue weighted by atomic mass is 16.2. The molecular formula is C16H26N4O. The van der Waals surface area contributed by atoms with E-state index >= 15 is 0 Å². The van der Waals surface area contributed by atoms with Gasteiger partial charge in [0.1, 0.15) is 0 Å². The summed E-state index contributed by atoms with van der Waals surface area (Å²) >= 11 is 0. The lowest BCUT2D eigenvalue weighted by Crippen LogP contribution is -2.55. The van der Waals surface area contributed by atoms with E-state index < -0.39 is 0 Å². The molecule has 1 aromatic rings. The maximum Gasteiger partial charge on any atom is 0.237 e. The number of piperidine rings is 3. The third-order valence-corrected chi connectivity index (χ3v) is 5.13. The molecule has 1 unspecified atom stereocenters. The van der Waals surface area contributed by atoms with Crippen LogP contribution in [0, 0.1) is 19.8 Å². The summed E-state index contributed by atoms with van der Waals surface area (Å²) in [5.41, 5.74) is 3.52. The van der Waals surface area contributed by atoms with Gasteiger partial charge in [-0.05, 0) is 70.5 Å². The number of hydrogen-bond donors (Lipinski definition) is 2. The van der Waals surface area contributed by atoms with Crippen LogP contribution in [0.2, 0.25) is 0 Å². The third kappa shape index (κ3) is 3.12. The first-order valence-corrected chi connectivity index (χ1v) is 8.17. The molecule has 1 amide bonds. The summed E-state index contributed by atoms with van der Waals surface area (Å²) < 4.78 is 0. The quantitative estimate of drug-likeness (QED) is 0.809. The van der Waals surface area contributed by atoms with E-state index in [0.717, 1.165) is 56.2 Å². The highest BCUT2D eigenvalue weighted by Gasteiger charge is 2.37. The van der Waals surface area contributed by atoms with Crippen molar-refractivity contribution in [3.63, 3.8) is 0 Å². The zero-order valence-electron chi connectivity index (χ0n) is 13.1. The van der Waals surface area contributed by atoms with E-state index in [1.807, 2.05) is 6.92 Å². The van der Waals surface area contributed by atoms with Crippen LogP contribution in [0.3, 0.4) is 0 Å². The smallest absolute Gasteiger partial charge is 0.237 e. The molecule has 2 bridgehead atoms. The summed E-state index contributed by atoms with van der Waals surface area (Å²) in [5, 5.41) is 10.4. The maximum absolute atomic E-state index is 12.3. The van der Waals surface area contributed by atoms with Gasteiger partial charge in [-0.3, -0.25) is 14.8 Å². The molecule has 0 spiro atoms. The van der Waals surface area contributed by atoms with Crippen molar-refractivity contribution in [1.82, 2.24) is 20.4 Å². The zero-order valence-corrected chi connectivity index (χ0v) is 13.1. The number of rotatable bonds is 5. The van der Waals surface area contributed by atoms with Gasteiger partial charge in [0.25, 0.3) is 0 Å². The number of H-pyrrole nitrogens is 1. The summed E-state index contributed by atoms with van der Waals surface area (Å²) in [6.07, 6.45) is 5.58. The monoisotopic (exact) mass is 290 g/mol. The lowest BCUT2D eigenvalue weighted by Gasteiger charge is -2.44. The van der Waals surface area contributed by atoms with Gasteiger partial charge >= 0.3 is 0 Å². The maximum atomic E-state index is 12.3. The van der Waals surface area contributed by atoms with Crippen molar-refractivity contribution in [3.05, 3.63) is 17.0 Å². The molecule has 3 aliphatic rings. The van der Waals surface area contributed by atoms with Crippen LogP contribution in [0.15, 0.2) is 0 Å². The SMILES string of the molecule is Cc1n[nH]c(C)c1CCCNC(=O)C1CC2CCN1CC2. The number of nitrogens with zero attached hydrogens (tertiary/aromatic N) is 2. The Balaban J connectivity index is 1.42. The van der Waals surface area contributed by atoms with Gasteiger partial charge in [0.2, 0.25) is 5.91 Å². The zero-order chi connectivity index (χ0) is 14.8. The lowest BCUT2D eigenvalue weighted by molar-refractivity contribution is -0.130. The van der Waals surface area contributed by atoms with Gasteiger partial charge in [0, 0.05) is 12.2 Å². The molecule has 2 N–H and O–H groups in total. The number of aromatic amines is 1. The minimum absolute atomic E-state index is 0.134. The van der Waals surface area contributed by atoms with Gasteiger partial charge in [-0.2, -0.15) is 5.10 Å². The standard InChI is InChI=1S/C16H26N4O/c1-11-14(12(2)19-18-11)4-3-7-17-16(21)15-10-13-5-8-20(15)9-6-13/h13,15H,3-10H2,1-2H3,(H,17,21)(H,18,19). The second kappa shape index (κ2) is 6.18. The van der Waals surface area contributed by atoms with E-state index in [0.29, 0.717) is 0 Å². The Hall–Kier alpha value is -1.36. The van der Waals surface area contributed by atoms with Crippen molar-refractivity contribution in [2.75, 3.05) is 19.6 Å². The van der Waals surface area contributed by atoms with Gasteiger partial charge in [-0.1, -0.05) is 0 Å². The number of nitrogens with one attached hydrogen (secondary N) is 2. The van der Waals surface area contributed by atoms with Gasteiger partial charge in [0.15, 0.2) is 0 Å². The number of fused-ring (bicyclic) bond motifs is 3. The average molecular weight is 290 g/mol. The van der Waals surface area contributed by atoms with E-state index in [9.17, 15) is 4.79 Å². The van der Waals surface area contributed by atoms with Crippen LogP contribution < -0.4 is 5.32 Å². The second-order valence-electron chi connectivity index (χ2n) is 6.54. The van der Waals surface area contributed by atoms with Crippen molar-refractivity contribution in [1.29, 1.82) is 0 Å². The minimum atomic E-state index is 0.134. The van der Waals surface area contributed by atoms with Gasteiger partial charge in [-0.15, -0.1) is 0 Å². The lowest BCUT2D eigenvalue weighted by atomic mass is 9.83. The molecule has 1 atom stereocenters. The van der Waals surface area contributed by atoms with Crippen molar-refractivity contribution in [2.45, 2.75) is 52.0 Å². The molecule has 3 fully saturated rings. The Kier molecular flexibility index (Phi) is 4.29. The Morgan fingerprint density at radius 1 is 1.38 bits per heavy atom. The fraction of sp³-hybridized carbons (Fsp3) is 0.750. The first-order valence-electron chi connectivity index (χ1n) is 8.17. The minimum Gasteiger partial charge on any atom is -0.355 e. The van der Waals surface area contributed by atoms with Crippen molar-refractivity contribution >= 4 is 5.91 Å². The van der Waals surface area contributed by atoms with Crippen LogP contribution >= 0.6 is 0 Å². The summed E-state index contributed by atoms with van der Waals surface area (Å²) in [4.78, 5) is 14.7. The predicted molar refractivity (Wildman–Crippen MR) is 82.1 cm³/mol. The molecule has 4 heterocycles. The molecule has 0 saturated carbocycles. The summed E-state index contributed by atoms with van der Waals surface area (Å²) in [5.74, 6) is 1.02. The highest BCUT2D eigenvalue weighted by molar-refractivity contribution is 5.82. The molecule has 1 aromatic heterocycles. The largest absolute Gasteiger partial charge is 0.355 e. The Labute approximate surface area is 126 Å². The van der Waals surface area contributed by atoms with E-state index in [2.05, 4.69) is 27.3 Å². The number of carbonyl (C=O) groups excluding carboxylic acids is 1. The fourth-order valence-electron chi connectivity index (χ4n) is 3.77. The molecule has 0 aromatic carbocycles. The number of aromatic nitrogens is 2. The molecule has 5 nitrogen and oxygen atoms in total. The molecular weight excluding hydrogens is 264 g/mol. The van der Waals surface area contributed by atoms with Crippen molar-refractivity contribution in [3.8, 4) is 0 Å². The number of aryl methyl sites for hydroxylation is 2. The van der Waals surface area contributed by atoms with E-state index in [1.165, 1.54) is 18.4 Å². The third-order valence-electron chi connectivity index (χ3n) is 5.13. The second-order valence-corrected chi connectivity index (χ2v) is 6.54. The fourth-order valence-corrected chi connectivity index (χ4v) is 3.77. The molecule has 116 valence electrons. The number of hydrogen-bond acceptors (Lipinski definition) is 3. The summed E-state index contributed by atoms with van der Waals surface area (Å²) in [6, 6.07) is 0.134. The van der Waals surface area contributed by atoms with Gasteiger partial charge in [-0.25, -0.2) is 0 Å². The first-order chi connectivity index (χ1) is 10.1. The Morgan fingerprint density at radius 2 is 2.14 bits per heavy atom. The van der Waals surface area contributed by atoms with Crippen LogP contribution in [0.25, 0.3) is 0 Å². The topological polar surface area (TPSA) is 61.0 Å². The summed E-state index contributed by atoms with van der Waals surface area (Å²) in [7, 11) is 0. The average Bonchev–Trinajstić information content (AvgIpc) is 2.84. The van der Waals surface area contributed by atoms with Gasteiger partial charge < -0.3 is 5.32 Å². The molecule has 3 aliphatic heterocycles. The molecule has 0 aliphatic carbocycles. The molecule has 5 heteroatoms. The predicted octanol–water partition coefficient (Wildman–Crippen LogP) is 1.56. The van der Waals surface area contributed by atoms with Crippen LogP contribution in [-0.4, -0.2) is 46.7 Å². The Bertz CT molecular complexity index is 483. The van der Waals surface area contributed by atoms with E-state index in [4.69, 9.17) is 0 Å². The number of amides is 1. The molecule has 3 saturated heterocycles. The Morgan fingerprint density at radius 3 is 2.71 bits per heavy atom. The molecule has 0 radical (unpaired) electrons. The first kappa shape index (κ1) is 14.6. The summed E-state index contributed by atoms with van der Waals surface area (Å²) in [6.45, 7) is 7.06. The van der Waals surface area contributed by atoms with Crippen LogP contribution in [0.5, 0.6) is 0 Å². The van der Waals surface area contributed by atoms with E-state index in [-0.39, 0.29) is 11.9 Å². The van der Waals surface area contributed by atoms with E-state index in [1.54, 1.807) is 0 Å². The highest BCUT2D eigenvalue weighted by Crippen LogP contribution is 2.31.